The lowest BCUT2D eigenvalue weighted by atomic mass is 9.91. The van der Waals surface area contributed by atoms with Gasteiger partial charge in [-0.05, 0) is 62.3 Å². The van der Waals surface area contributed by atoms with Crippen molar-refractivity contribution in [2.45, 2.75) is 61.1 Å². The van der Waals surface area contributed by atoms with Gasteiger partial charge in [-0.3, -0.25) is 14.6 Å². The number of halogens is 2. The fraction of sp³-hybridized carbons (Fsp3) is 0.345. The van der Waals surface area contributed by atoms with E-state index < -0.39 is 11.7 Å². The van der Waals surface area contributed by atoms with Gasteiger partial charge in [-0.15, -0.1) is 5.10 Å². The molecule has 2 aliphatic rings. The van der Waals surface area contributed by atoms with Crippen molar-refractivity contribution in [3.8, 4) is 0 Å². The lowest BCUT2D eigenvalue weighted by Crippen LogP contribution is -2.40. The number of nitrogens with one attached hydrogen (secondary N) is 4. The normalized spacial score (nSPS) is 18.6. The van der Waals surface area contributed by atoms with Crippen LogP contribution >= 0.6 is 22.6 Å². The predicted octanol–water partition coefficient (Wildman–Crippen LogP) is 5.18. The second-order valence-electron chi connectivity index (χ2n) is 10.5. The molecule has 4 aromatic rings. The third-order valence-corrected chi connectivity index (χ3v) is 8.32. The number of aromatic nitrogens is 4. The number of amides is 2. The summed E-state index contributed by atoms with van der Waals surface area (Å²) >= 11 is 2.31. The number of hydrogen-bond donors (Lipinski definition) is 4. The number of carbonyl (C=O) groups is 2. The highest BCUT2D eigenvalue weighted by Crippen LogP contribution is 2.30. The topological polar surface area (TPSA) is 125 Å². The van der Waals surface area contributed by atoms with Crippen molar-refractivity contribution in [1.82, 2.24) is 24.9 Å². The molecular weight excluding hydrogens is 638 g/mol. The number of pyridine rings is 1. The van der Waals surface area contributed by atoms with Crippen LogP contribution in [0.15, 0.2) is 55.0 Å². The molecule has 2 fully saturated rings. The van der Waals surface area contributed by atoms with Gasteiger partial charge in [0, 0.05) is 40.4 Å². The Kier molecular flexibility index (Phi) is 7.99. The van der Waals surface area contributed by atoms with Crippen LogP contribution in [0.4, 0.5) is 21.6 Å². The summed E-state index contributed by atoms with van der Waals surface area (Å²) in [7, 11) is 0. The minimum Gasteiger partial charge on any atom is -0.379 e. The Morgan fingerprint density at radius 1 is 0.902 bits per heavy atom. The van der Waals surface area contributed by atoms with Gasteiger partial charge in [-0.1, -0.05) is 34.7 Å². The molecular formula is C29H30FIN8O2. The van der Waals surface area contributed by atoms with Crippen LogP contribution in [0, 0.1) is 5.82 Å². The van der Waals surface area contributed by atoms with E-state index in [1.165, 1.54) is 28.5 Å². The Bertz CT molecular complexity index is 1570. The van der Waals surface area contributed by atoms with Crippen molar-refractivity contribution in [2.24, 2.45) is 0 Å². The number of hydrogen-bond acceptors (Lipinski definition) is 7. The summed E-state index contributed by atoms with van der Waals surface area (Å²) in [5.41, 5.74) is 3.42. The minimum atomic E-state index is -0.623. The van der Waals surface area contributed by atoms with Crippen molar-refractivity contribution >= 4 is 57.2 Å². The maximum atomic E-state index is 14.1. The zero-order valence-electron chi connectivity index (χ0n) is 22.2. The highest BCUT2D eigenvalue weighted by Gasteiger charge is 2.26. The van der Waals surface area contributed by atoms with Crippen LogP contribution in [0.3, 0.4) is 0 Å². The Morgan fingerprint density at radius 2 is 1.61 bits per heavy atom. The summed E-state index contributed by atoms with van der Waals surface area (Å²) < 4.78 is 16.5. The first-order valence-electron chi connectivity index (χ1n) is 13.8. The van der Waals surface area contributed by atoms with Crippen LogP contribution in [0.5, 0.6) is 0 Å². The van der Waals surface area contributed by atoms with Gasteiger partial charge in [-0.2, -0.15) is 0 Å². The molecule has 0 aliphatic heterocycles. The highest BCUT2D eigenvalue weighted by atomic mass is 127. The fourth-order valence-electron chi connectivity index (χ4n) is 5.02. The lowest BCUT2D eigenvalue weighted by molar-refractivity contribution is 0.0925. The smallest absolute Gasteiger partial charge is 0.276 e. The second kappa shape index (κ2) is 12.0. The maximum absolute atomic E-state index is 14.1. The Hall–Kier alpha value is -3.81. The summed E-state index contributed by atoms with van der Waals surface area (Å²) in [4.78, 5) is 34.0. The third-order valence-electron chi connectivity index (χ3n) is 7.44. The van der Waals surface area contributed by atoms with Crippen molar-refractivity contribution in [3.05, 3.63) is 77.6 Å². The van der Waals surface area contributed by atoms with E-state index >= 15 is 0 Å². The van der Waals surface area contributed by atoms with Gasteiger partial charge in [0.25, 0.3) is 11.8 Å². The summed E-state index contributed by atoms with van der Waals surface area (Å²) in [6.07, 6.45) is 9.48. The van der Waals surface area contributed by atoms with E-state index in [2.05, 4.69) is 58.9 Å². The standard InChI is InChI=1S/C29H30FIN8O2/c30-22-15-32-12-11-23(22)37-29(41)25-16-33-27-24(34-19-5-6-19)13-26(38-39(25)27)35-20-7-9-21(10-8-20)36-28(40)18-3-1-17(14-31)2-4-18/h1-4,11-13,15-16,19-21,34H,5-10,14H2,(H,35,38)(H,36,40)(H,32,37,41). The zero-order chi connectivity index (χ0) is 28.3. The summed E-state index contributed by atoms with van der Waals surface area (Å²) in [5, 5.41) is 17.5. The molecule has 0 radical (unpaired) electrons. The molecule has 0 saturated heterocycles. The van der Waals surface area contributed by atoms with Crippen molar-refractivity contribution in [1.29, 1.82) is 0 Å². The first kappa shape index (κ1) is 27.4. The predicted molar refractivity (Wildman–Crippen MR) is 163 cm³/mol. The molecule has 2 aliphatic carbocycles. The molecule has 10 nitrogen and oxygen atoms in total. The van der Waals surface area contributed by atoms with Gasteiger partial charge < -0.3 is 21.3 Å². The number of nitrogens with zero attached hydrogens (tertiary/aromatic N) is 4. The number of anilines is 3. The van der Waals surface area contributed by atoms with Gasteiger partial charge in [-0.25, -0.2) is 13.9 Å². The van der Waals surface area contributed by atoms with Crippen LogP contribution in [0.25, 0.3) is 5.65 Å². The lowest BCUT2D eigenvalue weighted by Gasteiger charge is -2.30. The molecule has 3 heterocycles. The molecule has 212 valence electrons. The van der Waals surface area contributed by atoms with Gasteiger partial charge in [0.05, 0.1) is 23.8 Å². The van der Waals surface area contributed by atoms with E-state index in [1.807, 2.05) is 30.3 Å². The number of carbonyl (C=O) groups excluding carboxylic acids is 2. The molecule has 4 N–H and O–H groups in total. The van der Waals surface area contributed by atoms with Gasteiger partial charge in [0.2, 0.25) is 0 Å². The Labute approximate surface area is 250 Å². The Balaban J connectivity index is 1.14. The first-order valence-corrected chi connectivity index (χ1v) is 15.3. The van der Waals surface area contributed by atoms with E-state index in [4.69, 9.17) is 0 Å². The molecule has 12 heteroatoms. The van der Waals surface area contributed by atoms with Crippen molar-refractivity contribution in [3.63, 3.8) is 0 Å². The Morgan fingerprint density at radius 3 is 2.32 bits per heavy atom. The quantitative estimate of drug-likeness (QED) is 0.143. The average Bonchev–Trinajstić information content (AvgIpc) is 3.70. The molecule has 41 heavy (non-hydrogen) atoms. The largest absolute Gasteiger partial charge is 0.379 e. The van der Waals surface area contributed by atoms with Gasteiger partial charge in [0.15, 0.2) is 17.2 Å². The molecule has 0 atom stereocenters. The van der Waals surface area contributed by atoms with Crippen LogP contribution in [0.1, 0.15) is 64.9 Å². The molecule has 0 bridgehead atoms. The molecule has 0 spiro atoms. The van der Waals surface area contributed by atoms with Crippen LogP contribution in [-0.2, 0) is 4.43 Å². The van der Waals surface area contributed by atoms with Crippen molar-refractivity contribution < 1.29 is 14.0 Å². The number of alkyl halides is 1. The number of fused-ring (bicyclic) bond motifs is 1. The second-order valence-corrected chi connectivity index (χ2v) is 11.3. The number of benzene rings is 1. The molecule has 1 aromatic carbocycles. The SMILES string of the molecule is O=C(NC1CCC(Nc2cc(NC3CC3)c3ncc(C(=O)Nc4ccncc4F)n3n2)CC1)c1ccc(CI)cc1. The molecule has 2 saturated carbocycles. The van der Waals surface area contributed by atoms with E-state index in [0.717, 1.165) is 54.8 Å². The van der Waals surface area contributed by atoms with Crippen LogP contribution in [-0.4, -0.2) is 49.5 Å². The van der Waals surface area contributed by atoms with Gasteiger partial charge in [0.1, 0.15) is 5.82 Å². The summed E-state index contributed by atoms with van der Waals surface area (Å²) in [6.45, 7) is 0. The third kappa shape index (κ3) is 6.42. The molecule has 0 unspecified atom stereocenters. The zero-order valence-corrected chi connectivity index (χ0v) is 24.4. The van der Waals surface area contributed by atoms with E-state index in [9.17, 15) is 14.0 Å². The van der Waals surface area contributed by atoms with E-state index in [-0.39, 0.29) is 29.4 Å². The van der Waals surface area contributed by atoms with Crippen molar-refractivity contribution in [2.75, 3.05) is 16.0 Å². The first-order chi connectivity index (χ1) is 20.0. The molecule has 6 rings (SSSR count). The minimum absolute atomic E-state index is 0.0343. The van der Waals surface area contributed by atoms with Crippen LogP contribution < -0.4 is 21.3 Å². The number of rotatable bonds is 9. The summed E-state index contributed by atoms with van der Waals surface area (Å²) in [5.74, 6) is -0.570. The number of imidazole rings is 1. The monoisotopic (exact) mass is 668 g/mol. The van der Waals surface area contributed by atoms with E-state index in [0.29, 0.717) is 23.1 Å². The molecule has 3 aromatic heterocycles. The van der Waals surface area contributed by atoms with E-state index in [1.54, 1.807) is 0 Å². The highest BCUT2D eigenvalue weighted by molar-refractivity contribution is 14.1. The molecule has 2 amide bonds. The fourth-order valence-corrected chi connectivity index (χ4v) is 5.52. The maximum Gasteiger partial charge on any atom is 0.276 e. The van der Waals surface area contributed by atoms with Crippen LogP contribution in [0.2, 0.25) is 0 Å². The average molecular weight is 669 g/mol. The van der Waals surface area contributed by atoms with Gasteiger partial charge >= 0.3 is 0 Å². The summed E-state index contributed by atoms with van der Waals surface area (Å²) in [6, 6.07) is 11.7.